The van der Waals surface area contributed by atoms with Crippen LogP contribution in [0.2, 0.25) is 0 Å². The predicted octanol–water partition coefficient (Wildman–Crippen LogP) is 3.19. The minimum absolute atomic E-state index is 0.0928. The highest BCUT2D eigenvalue weighted by Crippen LogP contribution is 2.30. The normalized spacial score (nSPS) is 20.3. The number of hydrogen-bond acceptors (Lipinski definition) is 7. The van der Waals surface area contributed by atoms with Crippen LogP contribution >= 0.6 is 0 Å². The zero-order chi connectivity index (χ0) is 25.5. The third kappa shape index (κ3) is 6.75. The molecule has 2 aromatic carbocycles. The lowest BCUT2D eigenvalue weighted by atomic mass is 9.90. The molecule has 9 heteroatoms. The molecule has 1 aromatic heterocycles. The zero-order valence-electron chi connectivity index (χ0n) is 20.8. The molecule has 2 heterocycles. The van der Waals surface area contributed by atoms with Crippen LogP contribution in [-0.2, 0) is 13.1 Å². The number of aryl methyl sites for hydroxylation is 2. The summed E-state index contributed by atoms with van der Waals surface area (Å²) < 4.78 is 32.2. The molecule has 2 N–H and O–H groups in total. The number of β-amino-alcohol motifs (C(OH)–C–C–N with tert-alkyl or cyclic N) is 1. The van der Waals surface area contributed by atoms with Gasteiger partial charge in [-0.15, -0.1) is 0 Å². The number of hydrogen-bond donors (Lipinski definition) is 2. The second kappa shape index (κ2) is 11.7. The largest absolute Gasteiger partial charge is 0.493 e. The van der Waals surface area contributed by atoms with E-state index in [1.807, 2.05) is 42.2 Å². The van der Waals surface area contributed by atoms with Crippen molar-refractivity contribution in [2.75, 3.05) is 33.4 Å². The lowest BCUT2D eigenvalue weighted by Gasteiger charge is -2.42. The number of likely N-dealkylation sites (tertiary alicyclic amines) is 1. The molecule has 0 unspecified atom stereocenters. The van der Waals surface area contributed by atoms with Gasteiger partial charge < -0.3 is 24.4 Å². The third-order valence-corrected chi connectivity index (χ3v) is 6.32. The standard InChI is InChI=1S/C27H34FN3O5/c1-20-15-29-31(16-20)11-3-13-35-24-9-4-21(14-25(24)34-2)17-30-12-10-26(32)27(33,18-30)19-36-23-7-5-22(28)6-8-23/h4-9,14-16,26,32-33H,3,10-13,17-19H2,1-2H3/t26-,27-/m0/s1. The summed E-state index contributed by atoms with van der Waals surface area (Å²) in [7, 11) is 1.61. The first-order valence-corrected chi connectivity index (χ1v) is 12.1. The Kier molecular flexibility index (Phi) is 8.45. The summed E-state index contributed by atoms with van der Waals surface area (Å²) in [6, 6.07) is 11.4. The maximum atomic E-state index is 13.1. The van der Waals surface area contributed by atoms with Crippen molar-refractivity contribution in [2.45, 2.75) is 44.6 Å². The Bertz CT molecular complexity index is 1120. The minimum atomic E-state index is -1.44. The summed E-state index contributed by atoms with van der Waals surface area (Å²) in [5.74, 6) is 1.40. The number of halogens is 1. The number of nitrogens with zero attached hydrogens (tertiary/aromatic N) is 3. The number of ether oxygens (including phenoxy) is 3. The van der Waals surface area contributed by atoms with Crippen molar-refractivity contribution in [2.24, 2.45) is 0 Å². The van der Waals surface area contributed by atoms with Crippen LogP contribution in [-0.4, -0.2) is 70.0 Å². The van der Waals surface area contributed by atoms with Crippen LogP contribution < -0.4 is 14.2 Å². The molecule has 1 aliphatic rings. The van der Waals surface area contributed by atoms with Crippen molar-refractivity contribution >= 4 is 0 Å². The Morgan fingerprint density at radius 3 is 2.67 bits per heavy atom. The lowest BCUT2D eigenvalue weighted by Crippen LogP contribution is -2.59. The van der Waals surface area contributed by atoms with Crippen LogP contribution in [0.4, 0.5) is 4.39 Å². The topological polar surface area (TPSA) is 89.2 Å². The van der Waals surface area contributed by atoms with E-state index in [-0.39, 0.29) is 19.0 Å². The number of piperidine rings is 1. The molecule has 4 rings (SSSR count). The van der Waals surface area contributed by atoms with E-state index in [1.54, 1.807) is 7.11 Å². The maximum absolute atomic E-state index is 13.1. The molecular weight excluding hydrogens is 465 g/mol. The van der Waals surface area contributed by atoms with Crippen molar-refractivity contribution in [1.29, 1.82) is 0 Å². The lowest BCUT2D eigenvalue weighted by molar-refractivity contribution is -0.140. The fourth-order valence-corrected chi connectivity index (χ4v) is 4.35. The van der Waals surface area contributed by atoms with Crippen molar-refractivity contribution < 1.29 is 28.8 Å². The Balaban J connectivity index is 1.31. The Morgan fingerprint density at radius 2 is 1.94 bits per heavy atom. The van der Waals surface area contributed by atoms with Gasteiger partial charge in [-0.25, -0.2) is 4.39 Å². The van der Waals surface area contributed by atoms with Gasteiger partial charge in [0.1, 0.15) is 23.8 Å². The van der Waals surface area contributed by atoms with Crippen LogP contribution in [0, 0.1) is 12.7 Å². The van der Waals surface area contributed by atoms with Crippen LogP contribution in [0.25, 0.3) is 0 Å². The van der Waals surface area contributed by atoms with Crippen molar-refractivity contribution in [3.63, 3.8) is 0 Å². The number of rotatable bonds is 11. The van der Waals surface area contributed by atoms with Gasteiger partial charge in [-0.05, 0) is 60.9 Å². The monoisotopic (exact) mass is 499 g/mol. The van der Waals surface area contributed by atoms with Gasteiger partial charge in [0.05, 0.1) is 26.0 Å². The molecule has 3 aromatic rings. The van der Waals surface area contributed by atoms with E-state index in [9.17, 15) is 14.6 Å². The number of aliphatic hydroxyl groups is 2. The summed E-state index contributed by atoms with van der Waals surface area (Å²) in [6.07, 6.45) is 4.17. The van der Waals surface area contributed by atoms with Gasteiger partial charge in [0.25, 0.3) is 0 Å². The molecule has 1 saturated heterocycles. The van der Waals surface area contributed by atoms with Gasteiger partial charge in [0, 0.05) is 38.8 Å². The van der Waals surface area contributed by atoms with Gasteiger partial charge in [0.15, 0.2) is 11.5 Å². The van der Waals surface area contributed by atoms with Gasteiger partial charge >= 0.3 is 0 Å². The molecule has 1 fully saturated rings. The first kappa shape index (κ1) is 25.9. The first-order chi connectivity index (χ1) is 17.3. The van der Waals surface area contributed by atoms with Gasteiger partial charge in [-0.1, -0.05) is 6.07 Å². The highest BCUT2D eigenvalue weighted by atomic mass is 19.1. The number of aromatic nitrogens is 2. The molecular formula is C27H34FN3O5. The second-order valence-electron chi connectivity index (χ2n) is 9.33. The second-order valence-corrected chi connectivity index (χ2v) is 9.33. The SMILES string of the molecule is COc1cc(CN2CC[C@H](O)[C@@](O)(COc3ccc(F)cc3)C2)ccc1OCCCn1cc(C)cn1. The Hall–Kier alpha value is -3.14. The average Bonchev–Trinajstić information content (AvgIpc) is 3.29. The van der Waals surface area contributed by atoms with Gasteiger partial charge in [-0.3, -0.25) is 9.58 Å². The van der Waals surface area contributed by atoms with Crippen molar-refractivity contribution in [3.8, 4) is 17.2 Å². The smallest absolute Gasteiger partial charge is 0.161 e. The van der Waals surface area contributed by atoms with E-state index in [0.717, 1.165) is 24.1 Å². The van der Waals surface area contributed by atoms with Crippen molar-refractivity contribution in [3.05, 3.63) is 71.8 Å². The third-order valence-electron chi connectivity index (χ3n) is 6.32. The summed E-state index contributed by atoms with van der Waals surface area (Å²) in [4.78, 5) is 2.07. The fraction of sp³-hybridized carbons (Fsp3) is 0.444. The predicted molar refractivity (Wildman–Crippen MR) is 133 cm³/mol. The van der Waals surface area contributed by atoms with Crippen LogP contribution in [0.5, 0.6) is 17.2 Å². The average molecular weight is 500 g/mol. The van der Waals surface area contributed by atoms with E-state index >= 15 is 0 Å². The quantitative estimate of drug-likeness (QED) is 0.392. The zero-order valence-corrected chi connectivity index (χ0v) is 20.8. The molecule has 194 valence electrons. The van der Waals surface area contributed by atoms with Crippen LogP contribution in [0.15, 0.2) is 54.9 Å². The molecule has 1 aliphatic heterocycles. The molecule has 0 saturated carbocycles. The molecule has 0 amide bonds. The van der Waals surface area contributed by atoms with E-state index in [1.165, 1.54) is 24.3 Å². The summed E-state index contributed by atoms with van der Waals surface area (Å²) in [5, 5.41) is 25.9. The fourth-order valence-electron chi connectivity index (χ4n) is 4.35. The molecule has 0 aliphatic carbocycles. The highest BCUT2D eigenvalue weighted by Gasteiger charge is 2.42. The Labute approximate surface area is 210 Å². The molecule has 36 heavy (non-hydrogen) atoms. The van der Waals surface area contributed by atoms with E-state index in [2.05, 4.69) is 10.00 Å². The first-order valence-electron chi connectivity index (χ1n) is 12.1. The van der Waals surface area contributed by atoms with Gasteiger partial charge in [-0.2, -0.15) is 5.10 Å². The van der Waals surface area contributed by atoms with E-state index in [0.29, 0.717) is 43.4 Å². The van der Waals surface area contributed by atoms with E-state index < -0.39 is 11.7 Å². The molecule has 0 bridgehead atoms. The number of benzene rings is 2. The summed E-state index contributed by atoms with van der Waals surface area (Å²) in [6.45, 7) is 4.69. The molecule has 0 spiro atoms. The number of methoxy groups -OCH3 is 1. The minimum Gasteiger partial charge on any atom is -0.493 e. The molecule has 0 radical (unpaired) electrons. The summed E-state index contributed by atoms with van der Waals surface area (Å²) >= 11 is 0. The van der Waals surface area contributed by atoms with Crippen LogP contribution in [0.1, 0.15) is 24.0 Å². The Morgan fingerprint density at radius 1 is 1.14 bits per heavy atom. The number of aliphatic hydroxyl groups excluding tert-OH is 1. The molecule has 2 atom stereocenters. The van der Waals surface area contributed by atoms with Gasteiger partial charge in [0.2, 0.25) is 0 Å². The van der Waals surface area contributed by atoms with E-state index in [4.69, 9.17) is 14.2 Å². The summed E-state index contributed by atoms with van der Waals surface area (Å²) in [5.41, 5.74) is 0.701. The highest BCUT2D eigenvalue weighted by molar-refractivity contribution is 5.43. The maximum Gasteiger partial charge on any atom is 0.161 e. The molecule has 8 nitrogen and oxygen atoms in total. The van der Waals surface area contributed by atoms with Crippen LogP contribution in [0.3, 0.4) is 0 Å². The van der Waals surface area contributed by atoms with Crippen molar-refractivity contribution in [1.82, 2.24) is 14.7 Å².